The van der Waals surface area contributed by atoms with Crippen LogP contribution in [0.25, 0.3) is 0 Å². The molecule has 4 bridgehead atoms. The molecule has 4 fully saturated rings. The normalized spacial score (nSPS) is 38.7. The van der Waals surface area contributed by atoms with Crippen molar-refractivity contribution in [3.05, 3.63) is 34.9 Å². The van der Waals surface area contributed by atoms with Gasteiger partial charge >= 0.3 is 0 Å². The van der Waals surface area contributed by atoms with Crippen molar-refractivity contribution in [3.63, 3.8) is 0 Å². The molecule has 5 rings (SSSR count). The maximum atomic E-state index is 10.6. The van der Waals surface area contributed by atoms with Gasteiger partial charge in [0.05, 0.1) is 6.10 Å². The lowest BCUT2D eigenvalue weighted by atomic mass is 9.48. The van der Waals surface area contributed by atoms with Crippen molar-refractivity contribution in [1.29, 1.82) is 0 Å². The molecule has 0 amide bonds. The molecule has 0 aromatic heterocycles. The first-order chi connectivity index (χ1) is 10.1. The van der Waals surface area contributed by atoms with E-state index in [1.807, 2.05) is 18.2 Å². The van der Waals surface area contributed by atoms with Crippen molar-refractivity contribution in [2.45, 2.75) is 57.5 Å². The molecule has 0 radical (unpaired) electrons. The summed E-state index contributed by atoms with van der Waals surface area (Å²) in [6.07, 6.45) is 10.1. The molecule has 4 aliphatic carbocycles. The number of hydrogen-bond acceptors (Lipinski definition) is 1. The summed E-state index contributed by atoms with van der Waals surface area (Å²) in [6.45, 7) is 0. The van der Waals surface area contributed by atoms with E-state index in [2.05, 4.69) is 6.07 Å². The fraction of sp³-hybridized carbons (Fsp3) is 0.684. The lowest BCUT2D eigenvalue weighted by Gasteiger charge is -2.57. The minimum absolute atomic E-state index is 0.209. The lowest BCUT2D eigenvalue weighted by Crippen LogP contribution is -2.47. The second-order valence-electron chi connectivity index (χ2n) is 8.11. The fourth-order valence-electron chi connectivity index (χ4n) is 6.05. The van der Waals surface area contributed by atoms with Crippen molar-refractivity contribution < 1.29 is 5.11 Å². The largest absolute Gasteiger partial charge is 0.393 e. The Balaban J connectivity index is 1.43. The van der Waals surface area contributed by atoms with Crippen LogP contribution in [0.1, 0.15) is 50.5 Å². The molecule has 0 spiro atoms. The average Bonchev–Trinajstić information content (AvgIpc) is 2.35. The molecule has 4 aliphatic rings. The van der Waals surface area contributed by atoms with Crippen molar-refractivity contribution in [2.75, 3.05) is 0 Å². The highest BCUT2D eigenvalue weighted by atomic mass is 35.5. The van der Waals surface area contributed by atoms with Crippen LogP contribution in [0.3, 0.4) is 0 Å². The summed E-state index contributed by atoms with van der Waals surface area (Å²) in [5, 5.41) is 11.4. The van der Waals surface area contributed by atoms with E-state index < -0.39 is 0 Å². The van der Waals surface area contributed by atoms with Crippen LogP contribution >= 0.6 is 11.6 Å². The van der Waals surface area contributed by atoms with E-state index in [0.717, 1.165) is 35.6 Å². The van der Waals surface area contributed by atoms with Crippen molar-refractivity contribution >= 4 is 11.6 Å². The Hall–Kier alpha value is -0.530. The second kappa shape index (κ2) is 5.28. The van der Waals surface area contributed by atoms with Gasteiger partial charge in [0, 0.05) is 5.02 Å². The number of halogens is 1. The number of aliphatic hydroxyl groups is 1. The van der Waals surface area contributed by atoms with E-state index in [9.17, 15) is 5.11 Å². The summed E-state index contributed by atoms with van der Waals surface area (Å²) in [5.41, 5.74) is 1.63. The smallest absolute Gasteiger partial charge is 0.0585 e. The molecule has 1 nitrogen and oxygen atoms in total. The Morgan fingerprint density at radius 1 is 1.10 bits per heavy atom. The van der Waals surface area contributed by atoms with Gasteiger partial charge in [-0.15, -0.1) is 0 Å². The van der Waals surface area contributed by atoms with Crippen molar-refractivity contribution in [2.24, 2.45) is 23.2 Å². The zero-order valence-electron chi connectivity index (χ0n) is 12.6. The van der Waals surface area contributed by atoms with Crippen LogP contribution in [0.5, 0.6) is 0 Å². The van der Waals surface area contributed by atoms with E-state index in [1.54, 1.807) is 0 Å². The molecule has 1 atom stereocenters. The van der Waals surface area contributed by atoms with Gasteiger partial charge in [0.15, 0.2) is 0 Å². The summed E-state index contributed by atoms with van der Waals surface area (Å²) in [4.78, 5) is 0. The first-order valence-corrected chi connectivity index (χ1v) is 8.91. The molecule has 1 unspecified atom stereocenters. The summed E-state index contributed by atoms with van der Waals surface area (Å²) in [6, 6.07) is 7.95. The van der Waals surface area contributed by atoms with Gasteiger partial charge < -0.3 is 5.11 Å². The van der Waals surface area contributed by atoms with Gasteiger partial charge in [-0.2, -0.15) is 0 Å². The summed E-state index contributed by atoms with van der Waals surface area (Å²) >= 11 is 6.05. The summed E-state index contributed by atoms with van der Waals surface area (Å²) in [5.74, 6) is 2.90. The predicted molar refractivity (Wildman–Crippen MR) is 86.4 cm³/mol. The van der Waals surface area contributed by atoms with Crippen LogP contribution in [-0.2, 0) is 6.42 Å². The minimum atomic E-state index is -0.209. The van der Waals surface area contributed by atoms with E-state index in [1.165, 1.54) is 44.1 Å². The van der Waals surface area contributed by atoms with Crippen LogP contribution in [0.4, 0.5) is 0 Å². The van der Waals surface area contributed by atoms with Gasteiger partial charge in [-0.3, -0.25) is 0 Å². The van der Waals surface area contributed by atoms with Crippen LogP contribution in [0.2, 0.25) is 5.02 Å². The number of benzene rings is 1. The molecule has 1 aromatic carbocycles. The van der Waals surface area contributed by atoms with Crippen LogP contribution in [-0.4, -0.2) is 11.2 Å². The molecular formula is C19H25ClO. The van der Waals surface area contributed by atoms with Gasteiger partial charge in [-0.25, -0.2) is 0 Å². The SMILES string of the molecule is OC(Cc1cccc(Cl)c1)CC12CC3CC(CC(C3)C1)C2. The highest BCUT2D eigenvalue weighted by molar-refractivity contribution is 6.30. The quantitative estimate of drug-likeness (QED) is 0.843. The van der Waals surface area contributed by atoms with E-state index >= 15 is 0 Å². The van der Waals surface area contributed by atoms with Crippen LogP contribution in [0.15, 0.2) is 24.3 Å². The summed E-state index contributed by atoms with van der Waals surface area (Å²) < 4.78 is 0. The van der Waals surface area contributed by atoms with Gasteiger partial charge in [0.2, 0.25) is 0 Å². The molecule has 0 aliphatic heterocycles. The van der Waals surface area contributed by atoms with Crippen molar-refractivity contribution in [1.82, 2.24) is 0 Å². The molecule has 0 saturated heterocycles. The van der Waals surface area contributed by atoms with Crippen LogP contribution < -0.4 is 0 Å². The fourth-order valence-corrected chi connectivity index (χ4v) is 6.26. The zero-order valence-corrected chi connectivity index (χ0v) is 13.4. The first kappa shape index (κ1) is 14.1. The molecular weight excluding hydrogens is 280 g/mol. The molecule has 0 heterocycles. The third kappa shape index (κ3) is 2.87. The van der Waals surface area contributed by atoms with E-state index in [0.29, 0.717) is 5.41 Å². The molecule has 1 N–H and O–H groups in total. The topological polar surface area (TPSA) is 20.2 Å². The van der Waals surface area contributed by atoms with Crippen LogP contribution in [0, 0.1) is 23.2 Å². The first-order valence-electron chi connectivity index (χ1n) is 8.53. The van der Waals surface area contributed by atoms with Gasteiger partial charge in [0.25, 0.3) is 0 Å². The third-order valence-corrected chi connectivity index (χ3v) is 6.43. The van der Waals surface area contributed by atoms with E-state index in [-0.39, 0.29) is 6.10 Å². The lowest BCUT2D eigenvalue weighted by molar-refractivity contribution is -0.0756. The van der Waals surface area contributed by atoms with Gasteiger partial charge in [0.1, 0.15) is 0 Å². The molecule has 2 heteroatoms. The third-order valence-electron chi connectivity index (χ3n) is 6.19. The Bertz CT molecular complexity index is 489. The number of rotatable bonds is 4. The standard InChI is InChI=1S/C19H25ClO/c20-17-3-1-2-13(7-17)8-18(21)12-19-9-14-4-15(10-19)6-16(5-14)11-19/h1-3,7,14-16,18,21H,4-6,8-12H2. The van der Waals surface area contributed by atoms with Gasteiger partial charge in [-0.1, -0.05) is 23.7 Å². The number of hydrogen-bond donors (Lipinski definition) is 1. The number of aliphatic hydroxyl groups excluding tert-OH is 1. The van der Waals surface area contributed by atoms with Crippen molar-refractivity contribution in [3.8, 4) is 0 Å². The maximum Gasteiger partial charge on any atom is 0.0585 e. The molecule has 4 saturated carbocycles. The second-order valence-corrected chi connectivity index (χ2v) is 8.55. The Morgan fingerprint density at radius 2 is 1.71 bits per heavy atom. The highest BCUT2D eigenvalue weighted by Gasteiger charge is 2.51. The van der Waals surface area contributed by atoms with E-state index in [4.69, 9.17) is 11.6 Å². The highest BCUT2D eigenvalue weighted by Crippen LogP contribution is 2.61. The molecule has 114 valence electrons. The van der Waals surface area contributed by atoms with Gasteiger partial charge in [-0.05, 0) is 92.2 Å². The summed E-state index contributed by atoms with van der Waals surface area (Å²) in [7, 11) is 0. The predicted octanol–water partition coefficient (Wildman–Crippen LogP) is 4.85. The monoisotopic (exact) mass is 304 g/mol. The average molecular weight is 305 g/mol. The Morgan fingerprint density at radius 3 is 2.29 bits per heavy atom. The molecule has 1 aromatic rings. The Kier molecular flexibility index (Phi) is 3.54. The zero-order chi connectivity index (χ0) is 14.4. The minimum Gasteiger partial charge on any atom is -0.393 e. The maximum absolute atomic E-state index is 10.6. The molecule has 21 heavy (non-hydrogen) atoms. The Labute approximate surface area is 132 Å².